The molecular formula is C14H19NO4. The Kier molecular flexibility index (Phi) is 4.14. The third-order valence-electron chi connectivity index (χ3n) is 3.50. The molecule has 0 aromatic heterocycles. The van der Waals surface area contributed by atoms with E-state index in [1.807, 2.05) is 18.2 Å². The summed E-state index contributed by atoms with van der Waals surface area (Å²) in [5.74, 6) is 0.441. The van der Waals surface area contributed by atoms with Crippen molar-refractivity contribution >= 4 is 11.7 Å². The second kappa shape index (κ2) is 5.82. The van der Waals surface area contributed by atoms with Crippen LogP contribution in [0, 0.1) is 5.92 Å². The molecule has 104 valence electrons. The number of aliphatic carboxylic acids is 1. The van der Waals surface area contributed by atoms with Crippen molar-refractivity contribution in [1.82, 2.24) is 0 Å². The standard InChI is InChI=1S/C14H19NO4/c1-18-11-5-6-13(19-2)12(8-11)15-7-3-4-10(9-15)14(16)17/h5-6,8,10H,3-4,7,9H2,1-2H3,(H,16,17). The van der Waals surface area contributed by atoms with Crippen LogP contribution in [0.4, 0.5) is 5.69 Å². The van der Waals surface area contributed by atoms with E-state index < -0.39 is 5.97 Å². The molecule has 5 heteroatoms. The van der Waals surface area contributed by atoms with Gasteiger partial charge in [-0.25, -0.2) is 0 Å². The molecule has 1 atom stereocenters. The molecule has 0 spiro atoms. The van der Waals surface area contributed by atoms with Gasteiger partial charge in [0.1, 0.15) is 11.5 Å². The first kappa shape index (κ1) is 13.5. The van der Waals surface area contributed by atoms with E-state index in [-0.39, 0.29) is 5.92 Å². The predicted octanol–water partition coefficient (Wildman–Crippen LogP) is 2.00. The van der Waals surface area contributed by atoms with Crippen LogP contribution in [-0.4, -0.2) is 38.4 Å². The van der Waals surface area contributed by atoms with E-state index >= 15 is 0 Å². The number of carboxylic acid groups (broad SMARTS) is 1. The van der Waals surface area contributed by atoms with Gasteiger partial charge in [-0.2, -0.15) is 0 Å². The Morgan fingerprint density at radius 3 is 2.79 bits per heavy atom. The highest BCUT2D eigenvalue weighted by atomic mass is 16.5. The summed E-state index contributed by atoms with van der Waals surface area (Å²) in [4.78, 5) is 13.2. The molecule has 1 N–H and O–H groups in total. The first-order valence-electron chi connectivity index (χ1n) is 6.35. The van der Waals surface area contributed by atoms with Gasteiger partial charge in [0.05, 0.1) is 25.8 Å². The number of anilines is 1. The molecule has 1 aromatic carbocycles. The lowest BCUT2D eigenvalue weighted by Crippen LogP contribution is -2.38. The normalized spacial score (nSPS) is 19.1. The molecule has 0 radical (unpaired) electrons. The number of benzene rings is 1. The Morgan fingerprint density at radius 1 is 1.37 bits per heavy atom. The van der Waals surface area contributed by atoms with E-state index in [0.717, 1.165) is 36.6 Å². The summed E-state index contributed by atoms with van der Waals surface area (Å²) in [6, 6.07) is 5.57. The number of nitrogens with zero attached hydrogens (tertiary/aromatic N) is 1. The number of ether oxygens (including phenoxy) is 2. The van der Waals surface area contributed by atoms with Gasteiger partial charge < -0.3 is 19.5 Å². The summed E-state index contributed by atoms with van der Waals surface area (Å²) in [6.07, 6.45) is 1.61. The quantitative estimate of drug-likeness (QED) is 0.902. The zero-order valence-corrected chi connectivity index (χ0v) is 11.3. The molecule has 2 rings (SSSR count). The first-order valence-corrected chi connectivity index (χ1v) is 6.35. The van der Waals surface area contributed by atoms with Crippen LogP contribution in [-0.2, 0) is 4.79 Å². The van der Waals surface area contributed by atoms with Crippen LogP contribution in [0.3, 0.4) is 0 Å². The van der Waals surface area contributed by atoms with Crippen LogP contribution >= 0.6 is 0 Å². The van der Waals surface area contributed by atoms with Crippen molar-refractivity contribution in [3.05, 3.63) is 18.2 Å². The molecule has 1 fully saturated rings. The van der Waals surface area contributed by atoms with Crippen molar-refractivity contribution in [3.63, 3.8) is 0 Å². The summed E-state index contributed by atoms with van der Waals surface area (Å²) in [5, 5.41) is 9.15. The largest absolute Gasteiger partial charge is 0.497 e. The van der Waals surface area contributed by atoms with Gasteiger partial charge in [0, 0.05) is 19.2 Å². The van der Waals surface area contributed by atoms with Gasteiger partial charge in [-0.3, -0.25) is 4.79 Å². The second-order valence-corrected chi connectivity index (χ2v) is 4.66. The van der Waals surface area contributed by atoms with Crippen molar-refractivity contribution < 1.29 is 19.4 Å². The van der Waals surface area contributed by atoms with Gasteiger partial charge in [-0.15, -0.1) is 0 Å². The third kappa shape index (κ3) is 2.92. The van der Waals surface area contributed by atoms with Crippen LogP contribution in [0.15, 0.2) is 18.2 Å². The molecule has 19 heavy (non-hydrogen) atoms. The van der Waals surface area contributed by atoms with Gasteiger partial charge in [-0.1, -0.05) is 0 Å². The van der Waals surface area contributed by atoms with E-state index in [4.69, 9.17) is 14.6 Å². The smallest absolute Gasteiger partial charge is 0.308 e. The average Bonchev–Trinajstić information content (AvgIpc) is 2.46. The van der Waals surface area contributed by atoms with Crippen LogP contribution in [0.25, 0.3) is 0 Å². The zero-order valence-electron chi connectivity index (χ0n) is 11.3. The lowest BCUT2D eigenvalue weighted by atomic mass is 9.97. The fraction of sp³-hybridized carbons (Fsp3) is 0.500. The van der Waals surface area contributed by atoms with Crippen molar-refractivity contribution in [2.75, 3.05) is 32.2 Å². The lowest BCUT2D eigenvalue weighted by Gasteiger charge is -2.33. The van der Waals surface area contributed by atoms with Gasteiger partial charge >= 0.3 is 5.97 Å². The predicted molar refractivity (Wildman–Crippen MR) is 72.1 cm³/mol. The minimum atomic E-state index is -0.730. The zero-order chi connectivity index (χ0) is 13.8. The van der Waals surface area contributed by atoms with Crippen molar-refractivity contribution in [1.29, 1.82) is 0 Å². The highest BCUT2D eigenvalue weighted by Gasteiger charge is 2.27. The maximum atomic E-state index is 11.1. The maximum Gasteiger partial charge on any atom is 0.308 e. The number of methoxy groups -OCH3 is 2. The van der Waals surface area contributed by atoms with Crippen molar-refractivity contribution in [2.24, 2.45) is 5.92 Å². The van der Waals surface area contributed by atoms with E-state index in [0.29, 0.717) is 6.54 Å². The van der Waals surface area contributed by atoms with Crippen LogP contribution in [0.5, 0.6) is 11.5 Å². The minimum Gasteiger partial charge on any atom is -0.497 e. The van der Waals surface area contributed by atoms with Crippen molar-refractivity contribution in [2.45, 2.75) is 12.8 Å². The third-order valence-corrected chi connectivity index (χ3v) is 3.50. The highest BCUT2D eigenvalue weighted by molar-refractivity contribution is 5.72. The first-order chi connectivity index (χ1) is 9.15. The van der Waals surface area contributed by atoms with Crippen LogP contribution in [0.2, 0.25) is 0 Å². The maximum absolute atomic E-state index is 11.1. The Bertz CT molecular complexity index is 461. The molecule has 1 aromatic rings. The topological polar surface area (TPSA) is 59.0 Å². The van der Waals surface area contributed by atoms with Crippen LogP contribution in [0.1, 0.15) is 12.8 Å². The Balaban J connectivity index is 2.26. The Labute approximate surface area is 112 Å². The van der Waals surface area contributed by atoms with Gasteiger partial charge in [0.15, 0.2) is 0 Å². The van der Waals surface area contributed by atoms with Gasteiger partial charge in [0.2, 0.25) is 0 Å². The molecule has 0 amide bonds. The Morgan fingerprint density at radius 2 is 2.16 bits per heavy atom. The van der Waals surface area contributed by atoms with Crippen molar-refractivity contribution in [3.8, 4) is 11.5 Å². The second-order valence-electron chi connectivity index (χ2n) is 4.66. The van der Waals surface area contributed by atoms with Gasteiger partial charge in [-0.05, 0) is 25.0 Å². The minimum absolute atomic E-state index is 0.315. The molecule has 1 saturated heterocycles. The summed E-state index contributed by atoms with van der Waals surface area (Å²) in [6.45, 7) is 1.35. The number of carbonyl (C=O) groups is 1. The lowest BCUT2D eigenvalue weighted by molar-refractivity contribution is -0.141. The number of hydrogen-bond acceptors (Lipinski definition) is 4. The number of carboxylic acids is 1. The number of rotatable bonds is 4. The fourth-order valence-corrected chi connectivity index (χ4v) is 2.44. The van der Waals surface area contributed by atoms with E-state index in [1.54, 1.807) is 14.2 Å². The molecule has 0 bridgehead atoms. The summed E-state index contributed by atoms with van der Waals surface area (Å²) in [7, 11) is 3.23. The van der Waals surface area contributed by atoms with Crippen LogP contribution < -0.4 is 14.4 Å². The van der Waals surface area contributed by atoms with E-state index in [9.17, 15) is 4.79 Å². The summed E-state index contributed by atoms with van der Waals surface area (Å²) < 4.78 is 10.6. The Hall–Kier alpha value is -1.91. The van der Waals surface area contributed by atoms with E-state index in [2.05, 4.69) is 4.90 Å². The number of piperidine rings is 1. The molecule has 1 aliphatic rings. The molecule has 1 heterocycles. The number of hydrogen-bond donors (Lipinski definition) is 1. The SMILES string of the molecule is COc1ccc(OC)c(N2CCCC(C(=O)O)C2)c1. The summed E-state index contributed by atoms with van der Waals surface area (Å²) in [5.41, 5.74) is 0.896. The molecule has 0 saturated carbocycles. The molecular weight excluding hydrogens is 246 g/mol. The molecule has 1 aliphatic heterocycles. The molecule has 1 unspecified atom stereocenters. The molecule has 0 aliphatic carbocycles. The monoisotopic (exact) mass is 265 g/mol. The fourth-order valence-electron chi connectivity index (χ4n) is 2.44. The highest BCUT2D eigenvalue weighted by Crippen LogP contribution is 2.34. The average molecular weight is 265 g/mol. The van der Waals surface area contributed by atoms with E-state index in [1.165, 1.54) is 0 Å². The summed E-state index contributed by atoms with van der Waals surface area (Å²) >= 11 is 0. The molecule has 5 nitrogen and oxygen atoms in total. The van der Waals surface area contributed by atoms with Gasteiger partial charge in [0.25, 0.3) is 0 Å².